The van der Waals surface area contributed by atoms with Crippen molar-refractivity contribution in [1.29, 1.82) is 0 Å². The standard InChI is InChI=1S/C15H31N/c1-5-7-14-10-13(12(3)4)8-9-15(14)11-16-6-2/h12-16H,5-11H2,1-4H3. The molecule has 1 N–H and O–H groups in total. The Morgan fingerprint density at radius 1 is 1.12 bits per heavy atom. The van der Waals surface area contributed by atoms with Crippen LogP contribution in [-0.4, -0.2) is 13.1 Å². The molecule has 1 rings (SSSR count). The second-order valence-corrected chi connectivity index (χ2v) is 5.93. The molecular formula is C15H31N. The van der Waals surface area contributed by atoms with Gasteiger partial charge in [0.2, 0.25) is 0 Å². The van der Waals surface area contributed by atoms with Crippen LogP contribution in [0.15, 0.2) is 0 Å². The van der Waals surface area contributed by atoms with Gasteiger partial charge in [-0.15, -0.1) is 0 Å². The summed E-state index contributed by atoms with van der Waals surface area (Å²) in [5.41, 5.74) is 0. The molecule has 0 aromatic rings. The van der Waals surface area contributed by atoms with E-state index in [0.29, 0.717) is 0 Å². The van der Waals surface area contributed by atoms with E-state index in [2.05, 4.69) is 33.0 Å². The number of nitrogens with one attached hydrogen (secondary N) is 1. The van der Waals surface area contributed by atoms with Crippen molar-refractivity contribution in [2.45, 2.75) is 59.8 Å². The second kappa shape index (κ2) is 7.32. The highest BCUT2D eigenvalue weighted by molar-refractivity contribution is 4.82. The lowest BCUT2D eigenvalue weighted by Crippen LogP contribution is -2.34. The smallest absolute Gasteiger partial charge is 0.00180 e. The number of rotatable bonds is 6. The first-order valence-corrected chi connectivity index (χ1v) is 7.39. The minimum Gasteiger partial charge on any atom is -0.317 e. The van der Waals surface area contributed by atoms with E-state index in [9.17, 15) is 0 Å². The summed E-state index contributed by atoms with van der Waals surface area (Å²) in [7, 11) is 0. The third-order valence-electron chi connectivity index (χ3n) is 4.44. The predicted molar refractivity (Wildman–Crippen MR) is 72.6 cm³/mol. The SMILES string of the molecule is CCCC1CC(C(C)C)CCC1CNCC. The average Bonchev–Trinajstić information content (AvgIpc) is 2.27. The molecule has 0 aliphatic heterocycles. The quantitative estimate of drug-likeness (QED) is 0.718. The molecule has 0 radical (unpaired) electrons. The molecule has 1 heteroatoms. The van der Waals surface area contributed by atoms with Crippen LogP contribution in [0, 0.1) is 23.7 Å². The maximum absolute atomic E-state index is 3.55. The molecule has 0 aromatic heterocycles. The summed E-state index contributed by atoms with van der Waals surface area (Å²) >= 11 is 0. The molecule has 0 bridgehead atoms. The Morgan fingerprint density at radius 3 is 2.44 bits per heavy atom. The molecule has 96 valence electrons. The third-order valence-corrected chi connectivity index (χ3v) is 4.44. The highest BCUT2D eigenvalue weighted by Gasteiger charge is 2.30. The average molecular weight is 225 g/mol. The van der Waals surface area contributed by atoms with E-state index in [0.717, 1.165) is 30.2 Å². The van der Waals surface area contributed by atoms with Gasteiger partial charge in [-0.2, -0.15) is 0 Å². The zero-order valence-electron chi connectivity index (χ0n) is 11.8. The zero-order chi connectivity index (χ0) is 12.0. The molecule has 3 unspecified atom stereocenters. The number of hydrogen-bond donors (Lipinski definition) is 1. The van der Waals surface area contributed by atoms with Gasteiger partial charge in [-0.3, -0.25) is 0 Å². The Hall–Kier alpha value is -0.0400. The molecular weight excluding hydrogens is 194 g/mol. The van der Waals surface area contributed by atoms with Gasteiger partial charge in [0.15, 0.2) is 0 Å². The van der Waals surface area contributed by atoms with Crippen LogP contribution in [0.25, 0.3) is 0 Å². The molecule has 1 saturated carbocycles. The largest absolute Gasteiger partial charge is 0.317 e. The van der Waals surface area contributed by atoms with Crippen LogP contribution >= 0.6 is 0 Å². The van der Waals surface area contributed by atoms with Crippen molar-refractivity contribution in [3.05, 3.63) is 0 Å². The fraction of sp³-hybridized carbons (Fsp3) is 1.00. The number of hydrogen-bond acceptors (Lipinski definition) is 1. The van der Waals surface area contributed by atoms with Crippen molar-refractivity contribution in [2.24, 2.45) is 23.7 Å². The lowest BCUT2D eigenvalue weighted by atomic mass is 9.69. The molecule has 1 fully saturated rings. The van der Waals surface area contributed by atoms with E-state index in [1.54, 1.807) is 0 Å². The molecule has 0 spiro atoms. The summed E-state index contributed by atoms with van der Waals surface area (Å²) < 4.78 is 0. The summed E-state index contributed by atoms with van der Waals surface area (Å²) in [6, 6.07) is 0. The third kappa shape index (κ3) is 4.08. The maximum atomic E-state index is 3.55. The van der Waals surface area contributed by atoms with E-state index in [1.165, 1.54) is 38.6 Å². The van der Waals surface area contributed by atoms with Crippen LogP contribution in [0.5, 0.6) is 0 Å². The summed E-state index contributed by atoms with van der Waals surface area (Å²) in [5, 5.41) is 3.55. The molecule has 16 heavy (non-hydrogen) atoms. The normalized spacial score (nSPS) is 30.9. The summed E-state index contributed by atoms with van der Waals surface area (Å²) in [5.74, 6) is 3.83. The minimum absolute atomic E-state index is 0.888. The highest BCUT2D eigenvalue weighted by Crippen LogP contribution is 2.39. The van der Waals surface area contributed by atoms with Gasteiger partial charge in [0.1, 0.15) is 0 Å². The van der Waals surface area contributed by atoms with E-state index < -0.39 is 0 Å². The molecule has 0 amide bonds. The van der Waals surface area contributed by atoms with E-state index in [1.807, 2.05) is 0 Å². The molecule has 0 aromatic carbocycles. The molecule has 1 aliphatic carbocycles. The zero-order valence-corrected chi connectivity index (χ0v) is 11.8. The Morgan fingerprint density at radius 2 is 1.88 bits per heavy atom. The fourth-order valence-electron chi connectivity index (χ4n) is 3.29. The van der Waals surface area contributed by atoms with Crippen molar-refractivity contribution in [3.63, 3.8) is 0 Å². The molecule has 3 atom stereocenters. The predicted octanol–water partition coefficient (Wildman–Crippen LogP) is 4.08. The van der Waals surface area contributed by atoms with Gasteiger partial charge in [-0.25, -0.2) is 0 Å². The maximum Gasteiger partial charge on any atom is -0.00180 e. The first kappa shape index (κ1) is 14.0. The van der Waals surface area contributed by atoms with Gasteiger partial charge in [0.05, 0.1) is 0 Å². The Kier molecular flexibility index (Phi) is 6.41. The van der Waals surface area contributed by atoms with Gasteiger partial charge in [-0.1, -0.05) is 40.5 Å². The Bertz CT molecular complexity index is 176. The first-order chi connectivity index (χ1) is 7.69. The van der Waals surface area contributed by atoms with E-state index in [-0.39, 0.29) is 0 Å². The van der Waals surface area contributed by atoms with Crippen molar-refractivity contribution in [1.82, 2.24) is 5.32 Å². The van der Waals surface area contributed by atoms with E-state index >= 15 is 0 Å². The summed E-state index contributed by atoms with van der Waals surface area (Å²) in [4.78, 5) is 0. The Labute approximate surface area is 102 Å². The van der Waals surface area contributed by atoms with Crippen LogP contribution in [0.3, 0.4) is 0 Å². The molecule has 1 nitrogen and oxygen atoms in total. The lowest BCUT2D eigenvalue weighted by molar-refractivity contribution is 0.137. The van der Waals surface area contributed by atoms with Gasteiger partial charge in [0, 0.05) is 0 Å². The van der Waals surface area contributed by atoms with Crippen molar-refractivity contribution < 1.29 is 0 Å². The minimum atomic E-state index is 0.888. The molecule has 0 heterocycles. The van der Waals surface area contributed by atoms with Gasteiger partial charge < -0.3 is 5.32 Å². The van der Waals surface area contributed by atoms with Crippen LogP contribution < -0.4 is 5.32 Å². The molecule has 0 saturated heterocycles. The van der Waals surface area contributed by atoms with Crippen LogP contribution in [-0.2, 0) is 0 Å². The van der Waals surface area contributed by atoms with Crippen molar-refractivity contribution in [3.8, 4) is 0 Å². The monoisotopic (exact) mass is 225 g/mol. The van der Waals surface area contributed by atoms with Crippen LogP contribution in [0.2, 0.25) is 0 Å². The van der Waals surface area contributed by atoms with Crippen LogP contribution in [0.1, 0.15) is 59.8 Å². The second-order valence-electron chi connectivity index (χ2n) is 5.93. The van der Waals surface area contributed by atoms with Crippen LogP contribution in [0.4, 0.5) is 0 Å². The first-order valence-electron chi connectivity index (χ1n) is 7.39. The summed E-state index contributed by atoms with van der Waals surface area (Å²) in [6.07, 6.45) is 7.22. The van der Waals surface area contributed by atoms with E-state index in [4.69, 9.17) is 0 Å². The molecule has 1 aliphatic rings. The lowest BCUT2D eigenvalue weighted by Gasteiger charge is -2.38. The Balaban J connectivity index is 2.45. The topological polar surface area (TPSA) is 12.0 Å². The van der Waals surface area contributed by atoms with Gasteiger partial charge in [0.25, 0.3) is 0 Å². The van der Waals surface area contributed by atoms with Gasteiger partial charge in [-0.05, 0) is 56.0 Å². The highest BCUT2D eigenvalue weighted by atomic mass is 14.8. The van der Waals surface area contributed by atoms with Crippen molar-refractivity contribution >= 4 is 0 Å². The fourth-order valence-corrected chi connectivity index (χ4v) is 3.29. The van der Waals surface area contributed by atoms with Crippen molar-refractivity contribution in [2.75, 3.05) is 13.1 Å². The van der Waals surface area contributed by atoms with Gasteiger partial charge >= 0.3 is 0 Å². The summed E-state index contributed by atoms with van der Waals surface area (Å²) in [6.45, 7) is 11.7.